The van der Waals surface area contributed by atoms with Crippen LogP contribution < -0.4 is 0 Å². The predicted octanol–water partition coefficient (Wildman–Crippen LogP) is 2.46. The maximum absolute atomic E-state index is 11.8. The van der Waals surface area contributed by atoms with Crippen molar-refractivity contribution in [2.24, 2.45) is 5.10 Å². The minimum Gasteiger partial charge on any atom is -0.441 e. The molecular formula is C15H22N4O5. The van der Waals surface area contributed by atoms with Crippen molar-refractivity contribution in [3.63, 3.8) is 0 Å². The molecule has 1 aromatic heterocycles. The lowest BCUT2D eigenvalue weighted by atomic mass is 10.3. The van der Waals surface area contributed by atoms with Gasteiger partial charge in [0.15, 0.2) is 5.76 Å². The van der Waals surface area contributed by atoms with E-state index in [9.17, 15) is 14.9 Å². The second-order valence-electron chi connectivity index (χ2n) is 5.57. The lowest BCUT2D eigenvalue weighted by Crippen LogP contribution is -2.35. The third kappa shape index (κ3) is 4.79. The molecule has 1 saturated heterocycles. The number of hydrogen-bond donors (Lipinski definition) is 0. The maximum Gasteiger partial charge on any atom is 0.433 e. The highest BCUT2D eigenvalue weighted by atomic mass is 16.6. The molecule has 9 nitrogen and oxygen atoms in total. The molecule has 0 bridgehead atoms. The molecule has 1 aliphatic rings. The molecule has 0 N–H and O–H groups in total. The Morgan fingerprint density at radius 2 is 2.12 bits per heavy atom. The molecular weight excluding hydrogens is 316 g/mol. The van der Waals surface area contributed by atoms with Crippen molar-refractivity contribution < 1.29 is 18.9 Å². The summed E-state index contributed by atoms with van der Waals surface area (Å²) < 4.78 is 10.3. The molecule has 0 spiro atoms. The Kier molecular flexibility index (Phi) is 6.30. The highest BCUT2D eigenvalue weighted by Gasteiger charge is 2.32. The molecule has 132 valence electrons. The summed E-state index contributed by atoms with van der Waals surface area (Å²) in [4.78, 5) is 24.0. The summed E-state index contributed by atoms with van der Waals surface area (Å²) in [5, 5.41) is 15.8. The quantitative estimate of drug-likeness (QED) is 0.389. The average molecular weight is 338 g/mol. The Balaban J connectivity index is 1.91. The fourth-order valence-electron chi connectivity index (χ4n) is 2.55. The van der Waals surface area contributed by atoms with Gasteiger partial charge in [-0.2, -0.15) is 10.1 Å². The van der Waals surface area contributed by atoms with Gasteiger partial charge in [-0.05, 0) is 32.0 Å². The van der Waals surface area contributed by atoms with E-state index in [1.54, 1.807) is 0 Å². The van der Waals surface area contributed by atoms with Crippen molar-refractivity contribution in [2.75, 3.05) is 26.2 Å². The van der Waals surface area contributed by atoms with Gasteiger partial charge in [0.2, 0.25) is 0 Å². The van der Waals surface area contributed by atoms with Gasteiger partial charge in [-0.3, -0.25) is 15.0 Å². The number of cyclic esters (lactones) is 1. The molecule has 0 aliphatic carbocycles. The average Bonchev–Trinajstić information content (AvgIpc) is 3.13. The number of carbonyl (C=O) groups excluding carboxylic acids is 1. The Labute approximate surface area is 140 Å². The fourth-order valence-corrected chi connectivity index (χ4v) is 2.55. The number of hydrazone groups is 1. The van der Waals surface area contributed by atoms with Crippen LogP contribution >= 0.6 is 0 Å². The minimum atomic E-state index is -0.631. The van der Waals surface area contributed by atoms with Crippen LogP contribution in [-0.4, -0.2) is 59.4 Å². The monoisotopic (exact) mass is 338 g/mol. The largest absolute Gasteiger partial charge is 0.441 e. The third-order valence-electron chi connectivity index (χ3n) is 3.51. The van der Waals surface area contributed by atoms with E-state index in [1.165, 1.54) is 23.4 Å². The molecule has 9 heteroatoms. The predicted molar refractivity (Wildman–Crippen MR) is 87.0 cm³/mol. The van der Waals surface area contributed by atoms with E-state index in [2.05, 4.69) is 23.8 Å². The van der Waals surface area contributed by atoms with E-state index in [4.69, 9.17) is 9.15 Å². The Hall–Kier alpha value is -2.42. The summed E-state index contributed by atoms with van der Waals surface area (Å²) in [6, 6.07) is 2.66. The topological polar surface area (TPSA) is 101 Å². The van der Waals surface area contributed by atoms with Crippen LogP contribution in [-0.2, 0) is 4.74 Å². The van der Waals surface area contributed by atoms with Crippen molar-refractivity contribution in [2.45, 2.75) is 32.8 Å². The third-order valence-corrected chi connectivity index (χ3v) is 3.51. The first kappa shape index (κ1) is 17.9. The molecule has 24 heavy (non-hydrogen) atoms. The zero-order valence-electron chi connectivity index (χ0n) is 13.9. The molecule has 1 amide bonds. The number of ether oxygens (including phenoxy) is 1. The molecule has 1 aliphatic heterocycles. The number of rotatable bonds is 9. The van der Waals surface area contributed by atoms with Crippen LogP contribution in [0.5, 0.6) is 0 Å². The van der Waals surface area contributed by atoms with Crippen LogP contribution in [0.15, 0.2) is 21.7 Å². The summed E-state index contributed by atoms with van der Waals surface area (Å²) >= 11 is 0. The van der Waals surface area contributed by atoms with Crippen molar-refractivity contribution in [3.8, 4) is 0 Å². The van der Waals surface area contributed by atoms with Gasteiger partial charge in [0, 0.05) is 6.54 Å². The smallest absolute Gasteiger partial charge is 0.433 e. The van der Waals surface area contributed by atoms with Crippen LogP contribution in [0.2, 0.25) is 0 Å². The lowest BCUT2D eigenvalue weighted by Gasteiger charge is -2.23. The van der Waals surface area contributed by atoms with Gasteiger partial charge in [0.25, 0.3) is 0 Å². The van der Waals surface area contributed by atoms with Gasteiger partial charge in [0.05, 0.1) is 18.8 Å². The van der Waals surface area contributed by atoms with Gasteiger partial charge < -0.3 is 9.15 Å². The molecule has 1 atom stereocenters. The van der Waals surface area contributed by atoms with Gasteiger partial charge in [-0.1, -0.05) is 13.8 Å². The van der Waals surface area contributed by atoms with Crippen molar-refractivity contribution >= 4 is 18.2 Å². The van der Waals surface area contributed by atoms with E-state index in [0.717, 1.165) is 25.9 Å². The van der Waals surface area contributed by atoms with E-state index in [1.807, 2.05) is 0 Å². The molecule has 0 unspecified atom stereocenters. The van der Waals surface area contributed by atoms with Crippen LogP contribution in [0.1, 0.15) is 32.4 Å². The van der Waals surface area contributed by atoms with E-state index in [0.29, 0.717) is 13.1 Å². The van der Waals surface area contributed by atoms with Gasteiger partial charge in [-0.15, -0.1) is 0 Å². The SMILES string of the molecule is CCCN(CCC)C[C@@H]1CN(/N=C/c2ccc([N+](=O)[O-])o2)C(=O)O1. The van der Waals surface area contributed by atoms with Crippen LogP contribution in [0.3, 0.4) is 0 Å². The zero-order valence-corrected chi connectivity index (χ0v) is 13.9. The molecule has 0 aromatic carbocycles. The Morgan fingerprint density at radius 1 is 1.42 bits per heavy atom. The number of amides is 1. The zero-order chi connectivity index (χ0) is 17.5. The van der Waals surface area contributed by atoms with E-state index in [-0.39, 0.29) is 17.7 Å². The highest BCUT2D eigenvalue weighted by molar-refractivity contribution is 5.78. The van der Waals surface area contributed by atoms with Crippen molar-refractivity contribution in [3.05, 3.63) is 28.0 Å². The van der Waals surface area contributed by atoms with Crippen molar-refractivity contribution in [1.82, 2.24) is 9.91 Å². The number of hydrogen-bond acceptors (Lipinski definition) is 7. The first-order valence-electron chi connectivity index (χ1n) is 8.02. The van der Waals surface area contributed by atoms with Crippen LogP contribution in [0.25, 0.3) is 0 Å². The summed E-state index contributed by atoms with van der Waals surface area (Å²) in [6.45, 7) is 7.17. The maximum atomic E-state index is 11.8. The first-order valence-corrected chi connectivity index (χ1v) is 8.02. The van der Waals surface area contributed by atoms with Crippen LogP contribution in [0.4, 0.5) is 10.7 Å². The summed E-state index contributed by atoms with van der Waals surface area (Å²) in [5.41, 5.74) is 0. The Bertz CT molecular complexity index is 594. The fraction of sp³-hybridized carbons (Fsp3) is 0.600. The molecule has 2 heterocycles. The molecule has 2 rings (SSSR count). The normalized spacial score (nSPS) is 17.9. The number of nitrogens with zero attached hydrogens (tertiary/aromatic N) is 4. The minimum absolute atomic E-state index is 0.205. The summed E-state index contributed by atoms with van der Waals surface area (Å²) in [7, 11) is 0. The van der Waals surface area contributed by atoms with E-state index < -0.39 is 11.0 Å². The second kappa shape index (κ2) is 8.44. The molecule has 1 fully saturated rings. The summed E-state index contributed by atoms with van der Waals surface area (Å²) in [6.07, 6.45) is 2.59. The number of carbonyl (C=O) groups is 1. The van der Waals surface area contributed by atoms with Gasteiger partial charge in [0.1, 0.15) is 11.0 Å². The van der Waals surface area contributed by atoms with Crippen molar-refractivity contribution in [1.29, 1.82) is 0 Å². The number of nitro groups is 1. The van der Waals surface area contributed by atoms with Gasteiger partial charge >= 0.3 is 12.0 Å². The molecule has 1 aromatic rings. The molecule has 0 saturated carbocycles. The first-order chi connectivity index (χ1) is 11.5. The summed E-state index contributed by atoms with van der Waals surface area (Å²) in [5.74, 6) is -0.162. The number of furan rings is 1. The lowest BCUT2D eigenvalue weighted by molar-refractivity contribution is -0.402. The highest BCUT2D eigenvalue weighted by Crippen LogP contribution is 2.16. The van der Waals surface area contributed by atoms with Gasteiger partial charge in [-0.25, -0.2) is 4.79 Å². The van der Waals surface area contributed by atoms with E-state index >= 15 is 0 Å². The molecule has 0 radical (unpaired) electrons. The Morgan fingerprint density at radius 3 is 2.71 bits per heavy atom. The van der Waals surface area contributed by atoms with Crippen LogP contribution in [0, 0.1) is 10.1 Å². The second-order valence-corrected chi connectivity index (χ2v) is 5.57. The standard InChI is InChI=1S/C15H22N4O5/c1-3-7-17(8-4-2)10-13-11-18(15(20)24-13)16-9-12-5-6-14(23-12)19(21)22/h5-6,9,13H,3-4,7-8,10-11H2,1-2H3/b16-9+/t13-/m1/s1.